The monoisotopic (exact) mass is 2480 g/mol. The predicted octanol–water partition coefficient (Wildman–Crippen LogP) is 23.2. The molecule has 17 aromatic heterocycles. The molecule has 0 saturated heterocycles. The maximum Gasteiger partial charge on any atom is 2.00 e. The van der Waals surface area contributed by atoms with Crippen molar-refractivity contribution < 1.29 is 111 Å². The smallest absolute Gasteiger partial charge is 0.535 e. The first-order valence-electron chi connectivity index (χ1n) is 42.4. The quantitative estimate of drug-likeness (QED) is 0.0620. The van der Waals surface area contributed by atoms with E-state index in [1.807, 2.05) is 296 Å². The summed E-state index contributed by atoms with van der Waals surface area (Å²) < 4.78 is 38.6. The summed E-state index contributed by atoms with van der Waals surface area (Å²) in [6, 6.07) is 125. The van der Waals surface area contributed by atoms with Gasteiger partial charge in [-0.1, -0.05) is 180 Å². The Hall–Kier alpha value is -15.2. The first kappa shape index (κ1) is 90.3. The Morgan fingerprint density at radius 1 is 0.452 bits per heavy atom. The number of pyridine rings is 6. The first-order chi connectivity index (χ1) is 64.7. The van der Waals surface area contributed by atoms with E-state index in [9.17, 15) is 0 Å². The van der Waals surface area contributed by atoms with Gasteiger partial charge in [-0.15, -0.1) is 141 Å². The number of imidazole rings is 1. The van der Waals surface area contributed by atoms with E-state index in [0.717, 1.165) is 180 Å². The zero-order valence-corrected chi connectivity index (χ0v) is 81.2. The minimum absolute atomic E-state index is 0. The second kappa shape index (κ2) is 40.1. The molecule has 0 saturated carbocycles. The summed E-state index contributed by atoms with van der Waals surface area (Å²) in [5.74, 6) is 7.43. The number of furan rings is 3. The molecule has 0 amide bonds. The minimum Gasteiger partial charge on any atom is -0.535 e. The molecule has 0 spiro atoms. The molecule has 25 rings (SSSR count). The molecular weight excluding hydrogens is 2400 g/mol. The average molecular weight is 2480 g/mol. The number of aryl methyl sites for hydroxylation is 3. The molecule has 0 fully saturated rings. The normalized spacial score (nSPS) is 11.1. The number of anilines is 5. The maximum absolute atomic E-state index is 6.06. The number of benzene rings is 8. The first-order valence-corrected chi connectivity index (χ1v) is 42.4. The SMILES string of the molecule is C[n+]1c[cH-]c2c1[n+](C)cn2-c1cccc(N(C[C-]=Cc2coc3oc[c-]c23)c2ccccc2)n1.Cn1[c-]c(-c2nc3c(ccn3-c3cccc(-n4[c-]ccc4)n3)o2)c2ccccc21.[Pt+2].[Pt+2].[Pt+2].[Pt].[c-]1ccccc1-c1cccc(-n2c3ccccc3c3ccc(-c4[c-]cccc4)nc32)n1.[c-]1coc2cccc(-c3cccc(N(c4ccccc4)c4cccc(-n5ccc6ccc[c-]c65)n4)n3)c12. The Bertz CT molecular complexity index is 8440. The van der Waals surface area contributed by atoms with Crippen LogP contribution in [0, 0.1) is 48.8 Å². The van der Waals surface area contributed by atoms with Crippen molar-refractivity contribution in [3.63, 3.8) is 0 Å². The van der Waals surface area contributed by atoms with Gasteiger partial charge in [0.15, 0.2) is 17.0 Å². The summed E-state index contributed by atoms with van der Waals surface area (Å²) in [6.07, 6.45) is 26.5. The summed E-state index contributed by atoms with van der Waals surface area (Å²) in [5, 5.41) is 6.17. The van der Waals surface area contributed by atoms with Gasteiger partial charge in [0, 0.05) is 91.1 Å². The standard InChI is InChI=1S/C32H20N4O.C28H17N3.C27H22N5O2.C23H15N5O.4Pt/c1-2-10-24(11-3-1)36(31-17-7-13-27(33-31)25-12-6-15-29-26(25)20-22-37-29)32-18-8-16-30(34-32)35-21-19-23-9-4-5-14-28(23)35;1-3-10-20(11-4-1)24-15-9-17-27(29-24)31-26-16-8-7-14-22(26)23-18-19-25(30-28(23)31)21-12-5-2-6-13-21;1-29-16-13-23-26(29)30(2)19-32(23)25-12-6-11-24(28-25)31(21-9-4-3-5-10-21)15-7-8-20-18-34-27-22(20)14-17-33-27;1-26-15-17(16-7-2-3-8-18(16)26)23-25-22-19(29-23)11-14-28(22)21-10-6-9-20(24-21)27-12-4-5-13-27;;;;/h1-13,15-19,21-22H;1-10,12,14-19H;3-6,8-13,16-19H,15H2,1-2H3;2-12,14H,1H3;;;;/q2*-2;-1;-2;;3*+2. The fraction of sp³-hybridized carbons (Fsp3) is 0.0364. The van der Waals surface area contributed by atoms with Crippen LogP contribution in [0.1, 0.15) is 5.56 Å². The molecule has 8 aromatic carbocycles. The van der Waals surface area contributed by atoms with Crippen LogP contribution in [0.3, 0.4) is 0 Å². The van der Waals surface area contributed by atoms with E-state index in [-0.39, 0.29) is 84.3 Å². The molecule has 0 aliphatic rings. The van der Waals surface area contributed by atoms with Gasteiger partial charge in [-0.3, -0.25) is 33.6 Å². The second-order valence-corrected chi connectivity index (χ2v) is 30.9. The number of rotatable bonds is 17. The summed E-state index contributed by atoms with van der Waals surface area (Å²) in [6.45, 7) is 0.505. The number of fused-ring (bicyclic) bond motifs is 9. The molecule has 0 unspecified atom stereocenters. The molecule has 25 aromatic rings. The summed E-state index contributed by atoms with van der Waals surface area (Å²) in [7, 11) is 6.07. The minimum atomic E-state index is 0. The predicted molar refractivity (Wildman–Crippen MR) is 509 cm³/mol. The van der Waals surface area contributed by atoms with Crippen molar-refractivity contribution in [3.05, 3.63) is 432 Å². The van der Waals surface area contributed by atoms with Crippen LogP contribution in [-0.2, 0) is 105 Å². The average Bonchev–Trinajstić information content (AvgIpc) is 1.60. The third-order valence-corrected chi connectivity index (χ3v) is 22.7. The Balaban J connectivity index is 0.000000119. The number of oxazole rings is 1. The molecule has 0 N–H and O–H groups in total. The molecule has 0 aliphatic heterocycles. The van der Waals surface area contributed by atoms with Gasteiger partial charge >= 0.3 is 68.8 Å². The van der Waals surface area contributed by atoms with Crippen LogP contribution in [0.25, 0.3) is 169 Å². The summed E-state index contributed by atoms with van der Waals surface area (Å²) in [5.41, 5.74) is 17.8. The Morgan fingerprint density at radius 3 is 1.88 bits per heavy atom. The maximum atomic E-state index is 6.06. The van der Waals surface area contributed by atoms with Gasteiger partial charge in [0.2, 0.25) is 6.33 Å². The van der Waals surface area contributed by atoms with Crippen LogP contribution in [0.5, 0.6) is 0 Å². The number of para-hydroxylation sites is 5. The van der Waals surface area contributed by atoms with Crippen LogP contribution in [0.4, 0.5) is 28.8 Å². The van der Waals surface area contributed by atoms with E-state index in [4.69, 9.17) is 52.6 Å². The van der Waals surface area contributed by atoms with Crippen molar-refractivity contribution in [1.82, 2.24) is 62.3 Å². The van der Waals surface area contributed by atoms with Crippen LogP contribution in [0.2, 0.25) is 0 Å². The fourth-order valence-corrected chi connectivity index (χ4v) is 16.6. The number of hydrogen-bond acceptors (Lipinski definition) is 13. The van der Waals surface area contributed by atoms with E-state index in [0.29, 0.717) is 23.8 Å². The van der Waals surface area contributed by atoms with E-state index in [2.05, 4.69) is 185 Å². The molecule has 17 heterocycles. The van der Waals surface area contributed by atoms with E-state index < -0.39 is 0 Å². The molecular formula is C110H74N17O4Pt4-. The molecule has 664 valence electrons. The van der Waals surface area contributed by atoms with Gasteiger partial charge in [-0.2, -0.15) is 30.3 Å². The Morgan fingerprint density at radius 2 is 1.10 bits per heavy atom. The fourth-order valence-electron chi connectivity index (χ4n) is 16.6. The number of hydrogen-bond donors (Lipinski definition) is 0. The van der Waals surface area contributed by atoms with Gasteiger partial charge in [-0.25, -0.2) is 41.2 Å². The molecule has 0 aliphatic carbocycles. The van der Waals surface area contributed by atoms with E-state index in [1.54, 1.807) is 12.5 Å². The number of nitrogens with zero attached hydrogens (tertiary/aromatic N) is 17. The van der Waals surface area contributed by atoms with Gasteiger partial charge < -0.3 is 36.3 Å². The van der Waals surface area contributed by atoms with E-state index >= 15 is 0 Å². The van der Waals surface area contributed by atoms with Crippen molar-refractivity contribution in [3.8, 4) is 74.3 Å². The van der Waals surface area contributed by atoms with E-state index in [1.165, 1.54) is 6.26 Å². The molecule has 0 radical (unpaired) electrons. The van der Waals surface area contributed by atoms with Gasteiger partial charge in [0.25, 0.3) is 0 Å². The van der Waals surface area contributed by atoms with Crippen LogP contribution in [-0.4, -0.2) is 68.8 Å². The van der Waals surface area contributed by atoms with Gasteiger partial charge in [0.05, 0.1) is 17.5 Å². The topological polar surface area (TPSA) is 187 Å². The van der Waals surface area contributed by atoms with Crippen LogP contribution in [0.15, 0.2) is 395 Å². The van der Waals surface area contributed by atoms with Crippen molar-refractivity contribution in [2.24, 2.45) is 21.1 Å². The molecule has 135 heavy (non-hydrogen) atoms. The zero-order valence-electron chi connectivity index (χ0n) is 72.1. The molecule has 21 nitrogen and oxygen atoms in total. The van der Waals surface area contributed by atoms with Gasteiger partial charge in [0.1, 0.15) is 66.4 Å². The second-order valence-electron chi connectivity index (χ2n) is 30.9. The van der Waals surface area contributed by atoms with Crippen molar-refractivity contribution in [2.75, 3.05) is 16.3 Å². The Labute approximate surface area is 832 Å². The van der Waals surface area contributed by atoms with Crippen molar-refractivity contribution in [2.45, 2.75) is 0 Å². The van der Waals surface area contributed by atoms with Crippen LogP contribution >= 0.6 is 0 Å². The number of aromatic nitrogens is 15. The molecule has 0 atom stereocenters. The van der Waals surface area contributed by atoms with Crippen LogP contribution < -0.4 is 18.9 Å². The third kappa shape index (κ3) is 18.0. The third-order valence-electron chi connectivity index (χ3n) is 22.7. The summed E-state index contributed by atoms with van der Waals surface area (Å²) in [4.78, 5) is 38.9. The molecule has 0 bridgehead atoms. The zero-order chi connectivity index (χ0) is 87.7. The van der Waals surface area contributed by atoms with Gasteiger partial charge in [-0.05, 0) is 110 Å². The summed E-state index contributed by atoms with van der Waals surface area (Å²) >= 11 is 0. The largest absolute Gasteiger partial charge is 2.00 e. The Kier molecular flexibility index (Phi) is 26.8. The van der Waals surface area contributed by atoms with Crippen molar-refractivity contribution in [1.29, 1.82) is 0 Å². The van der Waals surface area contributed by atoms with Crippen molar-refractivity contribution >= 4 is 123 Å². The molecule has 25 heteroatoms.